The summed E-state index contributed by atoms with van der Waals surface area (Å²) in [6, 6.07) is 9.08. The average molecular weight is 189 g/mol. The van der Waals surface area contributed by atoms with E-state index in [0.29, 0.717) is 18.2 Å². The Balaban J connectivity index is 1.94. The van der Waals surface area contributed by atoms with Crippen LogP contribution in [-0.2, 0) is 11.2 Å². The molecule has 1 aliphatic carbocycles. The molecule has 1 N–H and O–H groups in total. The van der Waals surface area contributed by atoms with E-state index >= 15 is 0 Å². The van der Waals surface area contributed by atoms with Crippen molar-refractivity contribution in [1.82, 2.24) is 5.32 Å². The third-order valence-electron chi connectivity index (χ3n) is 3.22. The molecular formula is C12H15NO. The minimum atomic E-state index is 0.352. The van der Waals surface area contributed by atoms with Crippen LogP contribution in [0.1, 0.15) is 24.1 Å². The van der Waals surface area contributed by atoms with Crippen LogP contribution < -0.4 is 5.32 Å². The van der Waals surface area contributed by atoms with Crippen LogP contribution in [0.5, 0.6) is 0 Å². The summed E-state index contributed by atoms with van der Waals surface area (Å²) < 4.78 is 5.93. The van der Waals surface area contributed by atoms with Gasteiger partial charge in [-0.05, 0) is 18.1 Å². The lowest BCUT2D eigenvalue weighted by Gasteiger charge is -2.32. The fraction of sp³-hybridized carbons (Fsp3) is 0.500. The largest absolute Gasteiger partial charge is 0.372 e. The number of rotatable bonds is 0. The van der Waals surface area contributed by atoms with Gasteiger partial charge in [0.2, 0.25) is 0 Å². The molecule has 2 heteroatoms. The van der Waals surface area contributed by atoms with Crippen molar-refractivity contribution in [2.24, 2.45) is 0 Å². The lowest BCUT2D eigenvalue weighted by Crippen LogP contribution is -2.44. The third kappa shape index (κ3) is 1.18. The van der Waals surface area contributed by atoms with E-state index < -0.39 is 0 Å². The first-order valence-corrected chi connectivity index (χ1v) is 5.31. The van der Waals surface area contributed by atoms with Gasteiger partial charge in [0.1, 0.15) is 0 Å². The van der Waals surface area contributed by atoms with Crippen LogP contribution in [0.15, 0.2) is 24.3 Å². The Labute approximate surface area is 84.3 Å². The summed E-state index contributed by atoms with van der Waals surface area (Å²) in [5.74, 6) is 0. The zero-order valence-corrected chi connectivity index (χ0v) is 8.36. The monoisotopic (exact) mass is 189 g/mol. The van der Waals surface area contributed by atoms with Gasteiger partial charge in [-0.1, -0.05) is 24.3 Å². The predicted octanol–water partition coefficient (Wildman–Crippen LogP) is 1.66. The topological polar surface area (TPSA) is 21.3 Å². The van der Waals surface area contributed by atoms with Crippen LogP contribution >= 0.6 is 0 Å². The van der Waals surface area contributed by atoms with Crippen molar-refractivity contribution in [3.8, 4) is 0 Å². The van der Waals surface area contributed by atoms with Gasteiger partial charge in [-0.25, -0.2) is 0 Å². The van der Waals surface area contributed by atoms with E-state index in [-0.39, 0.29) is 0 Å². The molecule has 1 saturated heterocycles. The summed E-state index contributed by atoms with van der Waals surface area (Å²) in [5, 5.41) is 3.56. The van der Waals surface area contributed by atoms with E-state index in [9.17, 15) is 0 Å². The third-order valence-corrected chi connectivity index (χ3v) is 3.22. The summed E-state index contributed by atoms with van der Waals surface area (Å²) >= 11 is 0. The predicted molar refractivity (Wildman–Crippen MR) is 55.2 cm³/mol. The summed E-state index contributed by atoms with van der Waals surface area (Å²) in [4.78, 5) is 0. The van der Waals surface area contributed by atoms with E-state index in [2.05, 4.69) is 36.5 Å². The van der Waals surface area contributed by atoms with Gasteiger partial charge < -0.3 is 10.1 Å². The van der Waals surface area contributed by atoms with Gasteiger partial charge in [0.05, 0.1) is 18.2 Å². The molecule has 0 bridgehead atoms. The van der Waals surface area contributed by atoms with Crippen LogP contribution in [0, 0.1) is 0 Å². The Bertz CT molecular complexity index is 350. The van der Waals surface area contributed by atoms with Gasteiger partial charge in [0.15, 0.2) is 0 Å². The maximum Gasteiger partial charge on any atom is 0.0814 e. The molecule has 0 spiro atoms. The first kappa shape index (κ1) is 8.45. The highest BCUT2D eigenvalue weighted by Crippen LogP contribution is 2.35. The number of hydrogen-bond acceptors (Lipinski definition) is 2. The summed E-state index contributed by atoms with van der Waals surface area (Å²) in [6.07, 6.45) is 1.78. The highest BCUT2D eigenvalue weighted by atomic mass is 16.5. The number of fused-ring (bicyclic) bond motifs is 3. The van der Waals surface area contributed by atoms with Crippen molar-refractivity contribution in [2.45, 2.75) is 31.6 Å². The van der Waals surface area contributed by atoms with Crippen LogP contribution in [-0.4, -0.2) is 18.8 Å². The molecule has 0 radical (unpaired) electrons. The molecule has 1 unspecified atom stereocenters. The van der Waals surface area contributed by atoms with Gasteiger partial charge in [-0.3, -0.25) is 0 Å². The number of nitrogens with one attached hydrogen (secondary N) is 1. The molecule has 2 nitrogen and oxygen atoms in total. The molecular weight excluding hydrogens is 174 g/mol. The smallest absolute Gasteiger partial charge is 0.0814 e. The molecule has 3 atom stereocenters. The molecule has 0 saturated carbocycles. The van der Waals surface area contributed by atoms with Crippen molar-refractivity contribution in [2.75, 3.05) is 6.54 Å². The molecule has 1 heterocycles. The summed E-state index contributed by atoms with van der Waals surface area (Å²) in [6.45, 7) is 3.10. The first-order chi connectivity index (χ1) is 6.84. The van der Waals surface area contributed by atoms with E-state index in [1.54, 1.807) is 0 Å². The molecule has 0 aromatic heterocycles. The van der Waals surface area contributed by atoms with E-state index in [4.69, 9.17) is 4.74 Å². The molecule has 1 aliphatic heterocycles. The Kier molecular flexibility index (Phi) is 1.85. The van der Waals surface area contributed by atoms with Crippen LogP contribution in [0.4, 0.5) is 0 Å². The minimum absolute atomic E-state index is 0.352. The number of ether oxygens (including phenoxy) is 1. The van der Waals surface area contributed by atoms with Crippen LogP contribution in [0.2, 0.25) is 0 Å². The zero-order valence-electron chi connectivity index (χ0n) is 8.36. The Hall–Kier alpha value is -0.860. The lowest BCUT2D eigenvalue weighted by molar-refractivity contribution is -0.0468. The summed E-state index contributed by atoms with van der Waals surface area (Å²) in [5.41, 5.74) is 2.88. The van der Waals surface area contributed by atoms with Crippen molar-refractivity contribution in [1.29, 1.82) is 0 Å². The number of benzene rings is 1. The van der Waals surface area contributed by atoms with Crippen molar-refractivity contribution >= 4 is 0 Å². The van der Waals surface area contributed by atoms with Gasteiger partial charge in [0.25, 0.3) is 0 Å². The van der Waals surface area contributed by atoms with Crippen LogP contribution in [0.25, 0.3) is 0 Å². The Morgan fingerprint density at radius 1 is 1.36 bits per heavy atom. The van der Waals surface area contributed by atoms with E-state index in [1.165, 1.54) is 11.1 Å². The van der Waals surface area contributed by atoms with Crippen molar-refractivity contribution in [3.05, 3.63) is 35.4 Å². The normalized spacial score (nSPS) is 35.1. The zero-order chi connectivity index (χ0) is 9.54. The quantitative estimate of drug-likeness (QED) is 0.670. The standard InChI is InChI=1S/C12H15NO/c1-8-7-13-12-10-5-3-2-4-9(10)6-11(12)14-8/h2-5,8,11-13H,6-7H2,1H3/t8-,11?,12+/m1/s1. The summed E-state index contributed by atoms with van der Waals surface area (Å²) in [7, 11) is 0. The lowest BCUT2D eigenvalue weighted by atomic mass is 10.1. The molecule has 0 amide bonds. The minimum Gasteiger partial charge on any atom is -0.372 e. The second-order valence-corrected chi connectivity index (χ2v) is 4.27. The molecule has 74 valence electrons. The SMILES string of the molecule is C[C@@H]1CN[C@H]2c3ccccc3CC2O1. The van der Waals surface area contributed by atoms with Gasteiger partial charge >= 0.3 is 0 Å². The molecule has 3 rings (SSSR count). The maximum absolute atomic E-state index is 5.93. The Morgan fingerprint density at radius 3 is 3.14 bits per heavy atom. The molecule has 1 fully saturated rings. The maximum atomic E-state index is 5.93. The molecule has 2 aliphatic rings. The fourth-order valence-corrected chi connectivity index (χ4v) is 2.57. The second-order valence-electron chi connectivity index (χ2n) is 4.27. The molecule has 14 heavy (non-hydrogen) atoms. The van der Waals surface area contributed by atoms with Crippen molar-refractivity contribution < 1.29 is 4.74 Å². The highest BCUT2D eigenvalue weighted by molar-refractivity contribution is 5.36. The van der Waals surface area contributed by atoms with Gasteiger partial charge in [-0.2, -0.15) is 0 Å². The van der Waals surface area contributed by atoms with E-state index in [1.807, 2.05) is 0 Å². The van der Waals surface area contributed by atoms with Crippen LogP contribution in [0.3, 0.4) is 0 Å². The number of morpholine rings is 1. The Morgan fingerprint density at radius 2 is 2.21 bits per heavy atom. The van der Waals surface area contributed by atoms with Gasteiger partial charge in [-0.15, -0.1) is 0 Å². The first-order valence-electron chi connectivity index (χ1n) is 5.31. The number of hydrogen-bond donors (Lipinski definition) is 1. The average Bonchev–Trinajstić information content (AvgIpc) is 2.54. The molecule has 1 aromatic carbocycles. The van der Waals surface area contributed by atoms with Crippen molar-refractivity contribution in [3.63, 3.8) is 0 Å². The van der Waals surface area contributed by atoms with E-state index in [0.717, 1.165) is 13.0 Å². The van der Waals surface area contributed by atoms with Gasteiger partial charge in [0, 0.05) is 13.0 Å². The fourth-order valence-electron chi connectivity index (χ4n) is 2.57. The molecule has 1 aromatic rings. The second kappa shape index (κ2) is 3.07. The highest BCUT2D eigenvalue weighted by Gasteiger charge is 2.36.